The first-order valence-corrected chi connectivity index (χ1v) is 9.02. The highest BCUT2D eigenvalue weighted by Gasteiger charge is 2.50. The number of benzene rings is 2. The Balaban J connectivity index is 1.79. The Morgan fingerprint density at radius 2 is 1.90 bits per heavy atom. The average molecular weight is 437 g/mol. The normalized spacial score (nSPS) is 18.5. The van der Waals surface area contributed by atoms with Gasteiger partial charge in [-0.25, -0.2) is 4.79 Å². The molecular formula is C18H14Cl2N4O5. The molecule has 2 N–H and O–H groups in total. The van der Waals surface area contributed by atoms with E-state index in [-0.39, 0.29) is 16.4 Å². The number of urea groups is 1. The molecule has 11 heteroatoms. The van der Waals surface area contributed by atoms with Gasteiger partial charge in [0, 0.05) is 22.7 Å². The molecule has 1 aliphatic rings. The average Bonchev–Trinajstić information content (AvgIpc) is 2.87. The molecule has 0 radical (unpaired) electrons. The highest BCUT2D eigenvalue weighted by Crippen LogP contribution is 2.33. The fourth-order valence-electron chi connectivity index (χ4n) is 2.95. The lowest BCUT2D eigenvalue weighted by Crippen LogP contribution is -2.42. The Morgan fingerprint density at radius 3 is 2.55 bits per heavy atom. The van der Waals surface area contributed by atoms with Crippen molar-refractivity contribution in [2.24, 2.45) is 0 Å². The highest BCUT2D eigenvalue weighted by atomic mass is 35.5. The Bertz CT molecular complexity index is 1040. The number of halogens is 2. The second-order valence-electron chi connectivity index (χ2n) is 6.40. The maximum absolute atomic E-state index is 12.9. The number of nitro benzene ring substituents is 1. The summed E-state index contributed by atoms with van der Waals surface area (Å²) in [6.45, 7) is 0.882. The van der Waals surface area contributed by atoms with E-state index in [1.807, 2.05) is 0 Å². The number of imide groups is 1. The summed E-state index contributed by atoms with van der Waals surface area (Å²) in [6.07, 6.45) is 0. The molecule has 1 fully saturated rings. The van der Waals surface area contributed by atoms with Crippen molar-refractivity contribution in [1.82, 2.24) is 10.2 Å². The summed E-state index contributed by atoms with van der Waals surface area (Å²) in [7, 11) is 0. The SMILES string of the molecule is CC1(c2ccccc2Cl)NC(=O)N(CC(=O)Nc2cc([N+](=O)[O-])ccc2Cl)C1=O. The molecule has 0 bridgehead atoms. The van der Waals surface area contributed by atoms with Crippen molar-refractivity contribution in [2.45, 2.75) is 12.5 Å². The summed E-state index contributed by atoms with van der Waals surface area (Å²) in [5.74, 6) is -1.41. The van der Waals surface area contributed by atoms with Gasteiger partial charge in [-0.15, -0.1) is 0 Å². The van der Waals surface area contributed by atoms with Gasteiger partial charge in [-0.05, 0) is 19.1 Å². The third-order valence-corrected chi connectivity index (χ3v) is 5.08. The van der Waals surface area contributed by atoms with E-state index >= 15 is 0 Å². The van der Waals surface area contributed by atoms with E-state index in [2.05, 4.69) is 10.6 Å². The van der Waals surface area contributed by atoms with E-state index in [1.54, 1.807) is 24.3 Å². The van der Waals surface area contributed by atoms with E-state index in [4.69, 9.17) is 23.2 Å². The number of nitro groups is 1. The van der Waals surface area contributed by atoms with Crippen LogP contribution in [0.4, 0.5) is 16.2 Å². The first kappa shape index (κ1) is 20.6. The van der Waals surface area contributed by atoms with E-state index in [9.17, 15) is 24.5 Å². The molecule has 9 nitrogen and oxygen atoms in total. The maximum atomic E-state index is 12.9. The number of nitrogens with zero attached hydrogens (tertiary/aromatic N) is 2. The van der Waals surface area contributed by atoms with Crippen LogP contribution in [0.15, 0.2) is 42.5 Å². The van der Waals surface area contributed by atoms with Crippen molar-refractivity contribution in [3.8, 4) is 0 Å². The molecule has 1 atom stereocenters. The van der Waals surface area contributed by atoms with E-state index in [0.29, 0.717) is 10.6 Å². The summed E-state index contributed by atoms with van der Waals surface area (Å²) in [5, 5.41) is 16.2. The number of carbonyl (C=O) groups excluding carboxylic acids is 3. The summed E-state index contributed by atoms with van der Waals surface area (Å²) >= 11 is 12.1. The van der Waals surface area contributed by atoms with Crippen LogP contribution in [0.2, 0.25) is 10.0 Å². The van der Waals surface area contributed by atoms with Crippen LogP contribution in [-0.4, -0.2) is 34.2 Å². The number of hydrogen-bond donors (Lipinski definition) is 2. The van der Waals surface area contributed by atoms with Crippen molar-refractivity contribution in [1.29, 1.82) is 0 Å². The second kappa shape index (κ2) is 7.69. The lowest BCUT2D eigenvalue weighted by Gasteiger charge is -2.23. The van der Waals surface area contributed by atoms with Gasteiger partial charge in [-0.3, -0.25) is 24.6 Å². The fraction of sp³-hybridized carbons (Fsp3) is 0.167. The van der Waals surface area contributed by atoms with Gasteiger partial charge in [0.15, 0.2) is 0 Å². The molecule has 4 amide bonds. The minimum absolute atomic E-state index is 0.00761. The minimum atomic E-state index is -1.43. The van der Waals surface area contributed by atoms with Gasteiger partial charge in [0.25, 0.3) is 11.6 Å². The van der Waals surface area contributed by atoms with Gasteiger partial charge in [0.2, 0.25) is 5.91 Å². The quantitative estimate of drug-likeness (QED) is 0.422. The minimum Gasteiger partial charge on any atom is -0.323 e. The molecule has 2 aromatic rings. The molecule has 150 valence electrons. The lowest BCUT2D eigenvalue weighted by molar-refractivity contribution is -0.384. The van der Waals surface area contributed by atoms with Crippen LogP contribution < -0.4 is 10.6 Å². The van der Waals surface area contributed by atoms with E-state index < -0.39 is 34.9 Å². The van der Waals surface area contributed by atoms with Gasteiger partial charge >= 0.3 is 6.03 Å². The third kappa shape index (κ3) is 3.87. The molecule has 1 saturated heterocycles. The number of non-ortho nitro benzene ring substituents is 1. The summed E-state index contributed by atoms with van der Waals surface area (Å²) < 4.78 is 0. The molecule has 1 aliphatic heterocycles. The van der Waals surface area contributed by atoms with Crippen molar-refractivity contribution < 1.29 is 19.3 Å². The van der Waals surface area contributed by atoms with Gasteiger partial charge in [-0.1, -0.05) is 41.4 Å². The predicted octanol–water partition coefficient (Wildman–Crippen LogP) is 3.31. The number of nitrogens with one attached hydrogen (secondary N) is 2. The van der Waals surface area contributed by atoms with Crippen LogP contribution in [-0.2, 0) is 15.1 Å². The van der Waals surface area contributed by atoms with E-state index in [1.165, 1.54) is 19.1 Å². The Hall–Kier alpha value is -3.17. The first-order chi connectivity index (χ1) is 13.6. The number of anilines is 1. The molecule has 0 aromatic heterocycles. The first-order valence-electron chi connectivity index (χ1n) is 8.26. The van der Waals surface area contributed by atoms with Crippen LogP contribution in [0.25, 0.3) is 0 Å². The predicted molar refractivity (Wildman–Crippen MR) is 106 cm³/mol. The van der Waals surface area contributed by atoms with Gasteiger partial charge in [0.05, 0.1) is 15.6 Å². The lowest BCUT2D eigenvalue weighted by atomic mass is 9.92. The van der Waals surface area contributed by atoms with Crippen molar-refractivity contribution in [2.75, 3.05) is 11.9 Å². The van der Waals surface area contributed by atoms with Crippen LogP contribution in [0.1, 0.15) is 12.5 Å². The molecule has 2 aromatic carbocycles. The van der Waals surface area contributed by atoms with Gasteiger partial charge in [0.1, 0.15) is 12.1 Å². The number of hydrogen-bond acceptors (Lipinski definition) is 5. The highest BCUT2D eigenvalue weighted by molar-refractivity contribution is 6.34. The summed E-state index contributed by atoms with van der Waals surface area (Å²) in [4.78, 5) is 48.6. The summed E-state index contributed by atoms with van der Waals surface area (Å²) in [5.41, 5.74) is -1.32. The van der Waals surface area contributed by atoms with Gasteiger partial charge < -0.3 is 10.6 Å². The molecule has 3 rings (SSSR count). The smallest absolute Gasteiger partial charge is 0.323 e. The molecule has 1 unspecified atom stereocenters. The van der Waals surface area contributed by atoms with Crippen LogP contribution in [0.5, 0.6) is 0 Å². The number of carbonyl (C=O) groups is 3. The topological polar surface area (TPSA) is 122 Å². The Morgan fingerprint density at radius 1 is 1.21 bits per heavy atom. The van der Waals surface area contributed by atoms with Crippen molar-refractivity contribution in [3.05, 3.63) is 68.2 Å². The molecule has 0 saturated carbocycles. The largest absolute Gasteiger partial charge is 0.325 e. The van der Waals surface area contributed by atoms with Gasteiger partial charge in [-0.2, -0.15) is 0 Å². The molecule has 1 heterocycles. The van der Waals surface area contributed by atoms with E-state index in [0.717, 1.165) is 11.0 Å². The Kier molecular flexibility index (Phi) is 5.45. The zero-order chi connectivity index (χ0) is 21.3. The van der Waals surface area contributed by atoms with Crippen LogP contribution in [0, 0.1) is 10.1 Å². The maximum Gasteiger partial charge on any atom is 0.325 e. The zero-order valence-electron chi connectivity index (χ0n) is 14.9. The molecule has 0 spiro atoms. The summed E-state index contributed by atoms with van der Waals surface area (Å²) in [6, 6.07) is 9.31. The second-order valence-corrected chi connectivity index (χ2v) is 7.21. The van der Waals surface area contributed by atoms with Crippen molar-refractivity contribution >= 4 is 52.4 Å². The standard InChI is InChI=1S/C18H14Cl2N4O5/c1-18(11-4-2-3-5-12(11)19)16(26)23(17(27)22-18)9-15(25)21-14-8-10(24(28)29)6-7-13(14)20/h2-8H,9H2,1H3,(H,21,25)(H,22,27). The molecular weight excluding hydrogens is 423 g/mol. The van der Waals surface area contributed by atoms with Crippen LogP contribution >= 0.6 is 23.2 Å². The Labute approximate surface area is 174 Å². The molecule has 0 aliphatic carbocycles. The van der Waals surface area contributed by atoms with Crippen LogP contribution in [0.3, 0.4) is 0 Å². The fourth-order valence-corrected chi connectivity index (χ4v) is 3.44. The molecule has 29 heavy (non-hydrogen) atoms. The van der Waals surface area contributed by atoms with Crippen molar-refractivity contribution in [3.63, 3.8) is 0 Å². The third-order valence-electron chi connectivity index (χ3n) is 4.42. The number of amides is 4. The number of rotatable bonds is 5. The monoisotopic (exact) mass is 436 g/mol. The zero-order valence-corrected chi connectivity index (χ0v) is 16.5.